The average molecular weight is 295 g/mol. The van der Waals surface area contributed by atoms with Gasteiger partial charge in [0, 0.05) is 23.5 Å². The largest absolute Gasteiger partial charge is 0.464 e. The number of para-hydroxylation sites is 1. The van der Waals surface area contributed by atoms with E-state index in [2.05, 4.69) is 24.0 Å². The minimum Gasteiger partial charge on any atom is -0.464 e. The molecule has 3 nitrogen and oxygen atoms in total. The highest BCUT2D eigenvalue weighted by Crippen LogP contribution is 2.25. The molecule has 1 aromatic carbocycles. The van der Waals surface area contributed by atoms with Crippen LogP contribution in [0.2, 0.25) is 0 Å². The van der Waals surface area contributed by atoms with E-state index in [0.717, 1.165) is 25.2 Å². The van der Waals surface area contributed by atoms with Crippen LogP contribution in [0.5, 0.6) is 0 Å². The topological polar surface area (TPSA) is 42.4 Å². The molecule has 4 heteroatoms. The van der Waals surface area contributed by atoms with E-state index in [1.807, 2.05) is 18.4 Å². The zero-order valence-corrected chi connectivity index (χ0v) is 12.7. The number of hydrogen-bond donors (Lipinski definition) is 1. The number of benzene rings is 1. The van der Waals surface area contributed by atoms with E-state index in [1.54, 1.807) is 0 Å². The van der Waals surface area contributed by atoms with E-state index in [-0.39, 0.29) is 12.4 Å². The van der Waals surface area contributed by atoms with Crippen molar-refractivity contribution in [3.05, 3.63) is 36.1 Å². The summed E-state index contributed by atoms with van der Waals surface area (Å²) in [5.74, 6) is 0.692. The maximum absolute atomic E-state index is 5.99. The van der Waals surface area contributed by atoms with Crippen molar-refractivity contribution in [2.45, 2.75) is 32.4 Å². The Morgan fingerprint density at radius 3 is 2.70 bits per heavy atom. The molecule has 20 heavy (non-hydrogen) atoms. The molecule has 0 bridgehead atoms. The lowest BCUT2D eigenvalue weighted by atomic mass is 9.91. The van der Waals surface area contributed by atoms with Gasteiger partial charge in [-0.2, -0.15) is 0 Å². The molecule has 0 radical (unpaired) electrons. The van der Waals surface area contributed by atoms with Crippen molar-refractivity contribution in [2.75, 3.05) is 13.1 Å². The van der Waals surface area contributed by atoms with Gasteiger partial charge in [0.25, 0.3) is 0 Å². The highest BCUT2D eigenvalue weighted by Gasteiger charge is 2.22. The third-order valence-electron chi connectivity index (χ3n) is 4.33. The van der Waals surface area contributed by atoms with Gasteiger partial charge in [-0.05, 0) is 44.8 Å². The fourth-order valence-electron chi connectivity index (χ4n) is 3.03. The lowest BCUT2D eigenvalue weighted by molar-refractivity contribution is 0.166. The molecule has 2 N–H and O–H groups in total. The summed E-state index contributed by atoms with van der Waals surface area (Å²) in [6, 6.07) is 8.59. The number of hydrogen-bond acceptors (Lipinski definition) is 3. The molecule has 3 rings (SSSR count). The Labute approximate surface area is 126 Å². The zero-order chi connectivity index (χ0) is 13.2. The van der Waals surface area contributed by atoms with Crippen LogP contribution in [-0.2, 0) is 6.54 Å². The van der Waals surface area contributed by atoms with Crippen LogP contribution in [0.15, 0.2) is 34.9 Å². The number of likely N-dealkylation sites (tertiary alicyclic amines) is 1. The maximum Gasteiger partial charge on any atom is 0.134 e. The lowest BCUT2D eigenvalue weighted by Gasteiger charge is -2.33. The third-order valence-corrected chi connectivity index (χ3v) is 4.33. The minimum atomic E-state index is 0. The summed E-state index contributed by atoms with van der Waals surface area (Å²) in [7, 11) is 0. The molecule has 1 atom stereocenters. The van der Waals surface area contributed by atoms with Crippen LogP contribution in [0.25, 0.3) is 11.0 Å². The highest BCUT2D eigenvalue weighted by molar-refractivity contribution is 5.85. The predicted octanol–water partition coefficient (Wildman–Crippen LogP) is 3.41. The molecule has 0 spiro atoms. The molecule has 1 aromatic heterocycles. The number of rotatable bonds is 3. The van der Waals surface area contributed by atoms with Crippen molar-refractivity contribution >= 4 is 23.4 Å². The van der Waals surface area contributed by atoms with Crippen molar-refractivity contribution in [1.29, 1.82) is 0 Å². The smallest absolute Gasteiger partial charge is 0.134 e. The van der Waals surface area contributed by atoms with Gasteiger partial charge in [0.05, 0.1) is 6.26 Å². The summed E-state index contributed by atoms with van der Waals surface area (Å²) in [5, 5.41) is 1.25. The monoisotopic (exact) mass is 294 g/mol. The Bertz CT molecular complexity index is 544. The van der Waals surface area contributed by atoms with Gasteiger partial charge in [0.15, 0.2) is 0 Å². The third kappa shape index (κ3) is 3.17. The van der Waals surface area contributed by atoms with E-state index in [4.69, 9.17) is 10.2 Å². The molecule has 1 aliphatic rings. The minimum absolute atomic E-state index is 0. The molecule has 1 fully saturated rings. The first-order chi connectivity index (χ1) is 9.24. The van der Waals surface area contributed by atoms with Crippen molar-refractivity contribution in [3.8, 4) is 0 Å². The van der Waals surface area contributed by atoms with Gasteiger partial charge in [-0.25, -0.2) is 0 Å². The molecule has 1 unspecified atom stereocenters. The van der Waals surface area contributed by atoms with E-state index < -0.39 is 0 Å². The fourth-order valence-corrected chi connectivity index (χ4v) is 3.03. The van der Waals surface area contributed by atoms with Gasteiger partial charge in [-0.15, -0.1) is 12.4 Å². The average Bonchev–Trinajstić information content (AvgIpc) is 2.83. The SMILES string of the molecule is CC(N)C1CCN(Cc2coc3ccccc23)CC1.Cl. The van der Waals surface area contributed by atoms with Gasteiger partial charge < -0.3 is 10.2 Å². The molecule has 0 amide bonds. The first kappa shape index (κ1) is 15.4. The molecule has 2 aromatic rings. The predicted molar refractivity (Wildman–Crippen MR) is 85.1 cm³/mol. The van der Waals surface area contributed by atoms with Gasteiger partial charge in [0.2, 0.25) is 0 Å². The standard InChI is InChI=1S/C16H22N2O.ClH/c1-12(17)13-6-8-18(9-7-13)10-14-11-19-16-5-3-2-4-15(14)16;/h2-5,11-13H,6-10,17H2,1H3;1H. The Balaban J connectivity index is 0.00000147. The van der Waals surface area contributed by atoms with Crippen LogP contribution in [0.3, 0.4) is 0 Å². The van der Waals surface area contributed by atoms with E-state index in [1.165, 1.54) is 23.8 Å². The number of nitrogens with two attached hydrogens (primary N) is 1. The number of piperidine rings is 1. The Kier molecular flexibility index (Phi) is 5.08. The zero-order valence-electron chi connectivity index (χ0n) is 11.9. The van der Waals surface area contributed by atoms with E-state index >= 15 is 0 Å². The molecule has 2 heterocycles. The van der Waals surface area contributed by atoms with Crippen molar-refractivity contribution in [3.63, 3.8) is 0 Å². The quantitative estimate of drug-likeness (QED) is 0.943. The first-order valence-electron chi connectivity index (χ1n) is 7.17. The molecule has 0 saturated carbocycles. The van der Waals surface area contributed by atoms with Crippen molar-refractivity contribution in [1.82, 2.24) is 4.90 Å². The van der Waals surface area contributed by atoms with Gasteiger partial charge in [-0.3, -0.25) is 4.90 Å². The van der Waals surface area contributed by atoms with Crippen LogP contribution >= 0.6 is 12.4 Å². The van der Waals surface area contributed by atoms with Gasteiger partial charge >= 0.3 is 0 Å². The van der Waals surface area contributed by atoms with Gasteiger partial charge in [0.1, 0.15) is 5.58 Å². The highest BCUT2D eigenvalue weighted by atomic mass is 35.5. The van der Waals surface area contributed by atoms with Crippen molar-refractivity contribution in [2.24, 2.45) is 11.7 Å². The summed E-state index contributed by atoms with van der Waals surface area (Å²) in [6.45, 7) is 5.41. The number of nitrogens with zero attached hydrogens (tertiary/aromatic N) is 1. The molecule has 110 valence electrons. The fraction of sp³-hybridized carbons (Fsp3) is 0.500. The van der Waals surface area contributed by atoms with Crippen LogP contribution < -0.4 is 5.73 Å². The number of furan rings is 1. The van der Waals surface area contributed by atoms with E-state index in [0.29, 0.717) is 12.0 Å². The molecule has 1 aliphatic heterocycles. The molecular weight excluding hydrogens is 272 g/mol. The van der Waals surface area contributed by atoms with Crippen molar-refractivity contribution < 1.29 is 4.42 Å². The second kappa shape index (κ2) is 6.61. The van der Waals surface area contributed by atoms with Crippen LogP contribution in [0.4, 0.5) is 0 Å². The maximum atomic E-state index is 5.99. The Hall–Kier alpha value is -1.03. The Morgan fingerprint density at radius 1 is 1.30 bits per heavy atom. The molecule has 0 aliphatic carbocycles. The summed E-state index contributed by atoms with van der Waals surface area (Å²) in [5.41, 5.74) is 8.28. The summed E-state index contributed by atoms with van der Waals surface area (Å²) in [4.78, 5) is 2.51. The lowest BCUT2D eigenvalue weighted by Crippen LogP contribution is -2.39. The molecule has 1 saturated heterocycles. The first-order valence-corrected chi connectivity index (χ1v) is 7.17. The summed E-state index contributed by atoms with van der Waals surface area (Å²) in [6.07, 6.45) is 4.34. The van der Waals surface area contributed by atoms with Gasteiger partial charge in [-0.1, -0.05) is 18.2 Å². The normalized spacial score (nSPS) is 18.9. The number of fused-ring (bicyclic) bond motifs is 1. The second-order valence-corrected chi connectivity index (χ2v) is 5.73. The van der Waals surface area contributed by atoms with Crippen LogP contribution in [0.1, 0.15) is 25.3 Å². The van der Waals surface area contributed by atoms with Crippen LogP contribution in [-0.4, -0.2) is 24.0 Å². The number of halogens is 1. The summed E-state index contributed by atoms with van der Waals surface area (Å²) >= 11 is 0. The van der Waals surface area contributed by atoms with E-state index in [9.17, 15) is 0 Å². The molecular formula is C16H23ClN2O. The Morgan fingerprint density at radius 2 is 2.00 bits per heavy atom. The second-order valence-electron chi connectivity index (χ2n) is 5.73. The van der Waals surface area contributed by atoms with Crippen LogP contribution in [0, 0.1) is 5.92 Å². The summed E-state index contributed by atoms with van der Waals surface area (Å²) < 4.78 is 5.60.